The molecule has 0 saturated heterocycles. The van der Waals surface area contributed by atoms with Gasteiger partial charge in [0, 0.05) is 33.2 Å². The standard InChI is InChI=1S/C21H19BrN4O4S2/c1-28-15-6-10(7-16(29-2)17(15)30-3)24-21-26-19(23)18(32-21)20-25-14(9-31-20)12-8-11(27)4-5-13(12)22/h4-9,27H,23H2,1-3H3,(H,24,26). The van der Waals surface area contributed by atoms with Crippen molar-refractivity contribution in [2.45, 2.75) is 0 Å². The maximum atomic E-state index is 9.81. The van der Waals surface area contributed by atoms with Crippen molar-refractivity contribution >= 4 is 55.2 Å². The Bertz CT molecular complexity index is 1250. The first-order valence-corrected chi connectivity index (χ1v) is 11.7. The number of phenols is 1. The van der Waals surface area contributed by atoms with Crippen molar-refractivity contribution in [3.05, 3.63) is 40.2 Å². The van der Waals surface area contributed by atoms with Crippen LogP contribution < -0.4 is 25.3 Å². The van der Waals surface area contributed by atoms with E-state index in [0.717, 1.165) is 25.6 Å². The summed E-state index contributed by atoms with van der Waals surface area (Å²) in [6.07, 6.45) is 0. The van der Waals surface area contributed by atoms with E-state index in [0.29, 0.717) is 33.9 Å². The van der Waals surface area contributed by atoms with Crippen LogP contribution in [0.2, 0.25) is 0 Å². The maximum absolute atomic E-state index is 9.81. The molecular formula is C21H19BrN4O4S2. The van der Waals surface area contributed by atoms with Gasteiger partial charge in [-0.05, 0) is 18.2 Å². The van der Waals surface area contributed by atoms with Crippen LogP contribution in [0, 0.1) is 0 Å². The number of rotatable bonds is 7. The molecule has 0 amide bonds. The third kappa shape index (κ3) is 4.31. The molecule has 0 aliphatic carbocycles. The predicted octanol–water partition coefficient (Wildman–Crippen LogP) is 5.75. The summed E-state index contributed by atoms with van der Waals surface area (Å²) >= 11 is 6.34. The third-order valence-electron chi connectivity index (χ3n) is 4.49. The fourth-order valence-corrected chi connectivity index (χ4v) is 5.30. The van der Waals surface area contributed by atoms with E-state index in [4.69, 9.17) is 24.9 Å². The zero-order valence-electron chi connectivity index (χ0n) is 17.3. The second kappa shape index (κ2) is 9.23. The molecule has 4 aromatic rings. The van der Waals surface area contributed by atoms with E-state index in [-0.39, 0.29) is 5.75 Å². The number of aromatic nitrogens is 2. The van der Waals surface area contributed by atoms with Gasteiger partial charge in [0.05, 0.1) is 27.0 Å². The molecule has 0 bridgehead atoms. The number of methoxy groups -OCH3 is 3. The average molecular weight is 535 g/mol. The number of thiazole rings is 2. The summed E-state index contributed by atoms with van der Waals surface area (Å²) in [5, 5.41) is 16.3. The number of hydrogen-bond acceptors (Lipinski definition) is 10. The Balaban J connectivity index is 1.63. The predicted molar refractivity (Wildman–Crippen MR) is 132 cm³/mol. The molecule has 0 atom stereocenters. The van der Waals surface area contributed by atoms with Crippen LogP contribution in [-0.4, -0.2) is 36.4 Å². The van der Waals surface area contributed by atoms with E-state index in [1.807, 2.05) is 5.38 Å². The van der Waals surface area contributed by atoms with Crippen LogP contribution >= 0.6 is 38.6 Å². The van der Waals surface area contributed by atoms with Crippen molar-refractivity contribution in [2.75, 3.05) is 32.4 Å². The van der Waals surface area contributed by atoms with Crippen LogP contribution in [0.1, 0.15) is 0 Å². The monoisotopic (exact) mass is 534 g/mol. The highest BCUT2D eigenvalue weighted by Crippen LogP contribution is 2.43. The number of nitrogens with two attached hydrogens (primary N) is 1. The van der Waals surface area contributed by atoms with Gasteiger partial charge in [-0.25, -0.2) is 9.97 Å². The number of halogens is 1. The largest absolute Gasteiger partial charge is 0.508 e. The Labute approximate surface area is 200 Å². The van der Waals surface area contributed by atoms with Crippen molar-refractivity contribution in [1.29, 1.82) is 0 Å². The number of ether oxygens (including phenoxy) is 3. The summed E-state index contributed by atoms with van der Waals surface area (Å²) < 4.78 is 17.0. The van der Waals surface area contributed by atoms with Gasteiger partial charge in [0.15, 0.2) is 16.6 Å². The minimum absolute atomic E-state index is 0.173. The average Bonchev–Trinajstić information content (AvgIpc) is 3.41. The Morgan fingerprint density at radius 1 is 1.03 bits per heavy atom. The Morgan fingerprint density at radius 3 is 2.41 bits per heavy atom. The highest BCUT2D eigenvalue weighted by molar-refractivity contribution is 9.10. The van der Waals surface area contributed by atoms with E-state index >= 15 is 0 Å². The Kier molecular flexibility index (Phi) is 6.40. The highest BCUT2D eigenvalue weighted by atomic mass is 79.9. The molecule has 11 heteroatoms. The topological polar surface area (TPSA) is 112 Å². The SMILES string of the molecule is COc1cc(Nc2nc(N)c(-c3nc(-c4cc(O)ccc4Br)cs3)s2)cc(OC)c1OC. The Morgan fingerprint density at radius 2 is 1.75 bits per heavy atom. The van der Waals surface area contributed by atoms with Gasteiger partial charge >= 0.3 is 0 Å². The van der Waals surface area contributed by atoms with Gasteiger partial charge in [-0.2, -0.15) is 0 Å². The van der Waals surface area contributed by atoms with Crippen LogP contribution in [0.25, 0.3) is 21.1 Å². The molecule has 0 saturated carbocycles. The summed E-state index contributed by atoms with van der Waals surface area (Å²) in [6.45, 7) is 0. The lowest BCUT2D eigenvalue weighted by Gasteiger charge is -2.14. The van der Waals surface area contributed by atoms with E-state index < -0.39 is 0 Å². The molecule has 2 heterocycles. The van der Waals surface area contributed by atoms with Gasteiger partial charge in [0.25, 0.3) is 0 Å². The molecule has 0 unspecified atom stereocenters. The van der Waals surface area contributed by atoms with Crippen LogP contribution in [-0.2, 0) is 0 Å². The molecule has 2 aromatic carbocycles. The van der Waals surface area contributed by atoms with Crippen LogP contribution in [0.5, 0.6) is 23.0 Å². The third-order valence-corrected chi connectivity index (χ3v) is 7.17. The molecule has 0 spiro atoms. The molecule has 4 rings (SSSR count). The lowest BCUT2D eigenvalue weighted by Crippen LogP contribution is -1.97. The fourth-order valence-electron chi connectivity index (χ4n) is 3.03. The second-order valence-electron chi connectivity index (χ2n) is 6.47. The van der Waals surface area contributed by atoms with E-state index in [1.54, 1.807) is 51.7 Å². The molecule has 32 heavy (non-hydrogen) atoms. The second-order valence-corrected chi connectivity index (χ2v) is 9.19. The van der Waals surface area contributed by atoms with Gasteiger partial charge in [0.2, 0.25) is 5.75 Å². The summed E-state index contributed by atoms with van der Waals surface area (Å²) in [7, 11) is 4.68. The molecule has 8 nitrogen and oxygen atoms in total. The van der Waals surface area contributed by atoms with Gasteiger partial charge in [-0.3, -0.25) is 0 Å². The maximum Gasteiger partial charge on any atom is 0.203 e. The number of phenolic OH excluding ortho intramolecular Hbond substituents is 1. The van der Waals surface area contributed by atoms with Crippen LogP contribution in [0.3, 0.4) is 0 Å². The summed E-state index contributed by atoms with van der Waals surface area (Å²) in [6, 6.07) is 8.64. The molecule has 4 N–H and O–H groups in total. The molecule has 0 aliphatic rings. The summed E-state index contributed by atoms with van der Waals surface area (Å²) in [4.78, 5) is 9.89. The summed E-state index contributed by atoms with van der Waals surface area (Å²) in [5.74, 6) is 2.11. The number of aromatic hydroxyl groups is 1. The first-order chi connectivity index (χ1) is 15.4. The Hall–Kier alpha value is -3.02. The van der Waals surface area contributed by atoms with Crippen molar-refractivity contribution < 1.29 is 19.3 Å². The van der Waals surface area contributed by atoms with Gasteiger partial charge < -0.3 is 30.4 Å². The van der Waals surface area contributed by atoms with Crippen molar-refractivity contribution in [1.82, 2.24) is 9.97 Å². The quantitative estimate of drug-likeness (QED) is 0.274. The molecular weight excluding hydrogens is 516 g/mol. The van der Waals surface area contributed by atoms with Crippen molar-refractivity contribution in [3.63, 3.8) is 0 Å². The smallest absolute Gasteiger partial charge is 0.203 e. The first-order valence-electron chi connectivity index (χ1n) is 9.21. The number of benzene rings is 2. The van der Waals surface area contributed by atoms with Crippen molar-refractivity contribution in [3.8, 4) is 44.1 Å². The number of nitrogen functional groups attached to an aromatic ring is 1. The zero-order chi connectivity index (χ0) is 22.8. The lowest BCUT2D eigenvalue weighted by molar-refractivity contribution is 0.324. The van der Waals surface area contributed by atoms with Gasteiger partial charge in [-0.15, -0.1) is 11.3 Å². The highest BCUT2D eigenvalue weighted by Gasteiger charge is 2.18. The fraction of sp³-hybridized carbons (Fsp3) is 0.143. The normalized spacial score (nSPS) is 10.8. The molecule has 0 fully saturated rings. The lowest BCUT2D eigenvalue weighted by atomic mass is 10.2. The summed E-state index contributed by atoms with van der Waals surface area (Å²) in [5.41, 5.74) is 8.44. The first kappa shape index (κ1) is 22.2. The van der Waals surface area contributed by atoms with Crippen molar-refractivity contribution in [2.24, 2.45) is 0 Å². The van der Waals surface area contributed by atoms with Crippen LogP contribution in [0.4, 0.5) is 16.6 Å². The number of nitrogens with one attached hydrogen (secondary N) is 1. The van der Waals surface area contributed by atoms with E-state index in [1.165, 1.54) is 22.7 Å². The molecule has 166 valence electrons. The number of nitrogens with zero attached hydrogens (tertiary/aromatic N) is 2. The number of hydrogen-bond donors (Lipinski definition) is 3. The molecule has 2 aromatic heterocycles. The van der Waals surface area contributed by atoms with Crippen LogP contribution in [0.15, 0.2) is 40.2 Å². The number of anilines is 3. The minimum Gasteiger partial charge on any atom is -0.508 e. The van der Waals surface area contributed by atoms with E-state index in [9.17, 15) is 5.11 Å². The molecule has 0 radical (unpaired) electrons. The minimum atomic E-state index is 0.173. The zero-order valence-corrected chi connectivity index (χ0v) is 20.5. The van der Waals surface area contributed by atoms with Gasteiger partial charge in [-0.1, -0.05) is 27.3 Å². The molecule has 0 aliphatic heterocycles. The van der Waals surface area contributed by atoms with Gasteiger partial charge in [0.1, 0.15) is 21.5 Å². The van der Waals surface area contributed by atoms with E-state index in [2.05, 4.69) is 26.2 Å².